The van der Waals surface area contributed by atoms with Gasteiger partial charge in [-0.1, -0.05) is 45.1 Å². The molecule has 0 N–H and O–H groups in total. The Morgan fingerprint density at radius 3 is 2.70 bits per heavy atom. The summed E-state index contributed by atoms with van der Waals surface area (Å²) in [5.74, 6) is 2.88. The van der Waals surface area contributed by atoms with Crippen molar-refractivity contribution in [2.75, 3.05) is 0 Å². The maximum Gasteiger partial charge on any atom is 0.113 e. The van der Waals surface area contributed by atoms with Crippen molar-refractivity contribution in [3.63, 3.8) is 0 Å². The lowest BCUT2D eigenvalue weighted by Gasteiger charge is -2.48. The Morgan fingerprint density at radius 1 is 1.13 bits per heavy atom. The zero-order valence-corrected chi connectivity index (χ0v) is 15.3. The van der Waals surface area contributed by atoms with Gasteiger partial charge in [0.2, 0.25) is 0 Å². The van der Waals surface area contributed by atoms with E-state index in [0.717, 1.165) is 12.3 Å². The fourth-order valence-corrected chi connectivity index (χ4v) is 5.99. The van der Waals surface area contributed by atoms with Crippen LogP contribution in [0.4, 0.5) is 0 Å². The molecule has 0 aromatic rings. The summed E-state index contributed by atoms with van der Waals surface area (Å²) in [5.41, 5.74) is 2.11. The Labute approximate surface area is 141 Å². The van der Waals surface area contributed by atoms with Gasteiger partial charge in [0.25, 0.3) is 0 Å². The smallest absolute Gasteiger partial charge is 0.113 e. The average Bonchev–Trinajstić information content (AvgIpc) is 2.81. The normalized spacial score (nSPS) is 48.9. The Bertz CT molecular complexity index is 597. The molecule has 1 heterocycles. The summed E-state index contributed by atoms with van der Waals surface area (Å²) < 4.78 is 6.88. The fourth-order valence-electron chi connectivity index (χ4n) is 5.99. The first-order valence-corrected chi connectivity index (χ1v) is 9.65. The molecule has 4 unspecified atom stereocenters. The van der Waals surface area contributed by atoms with Crippen molar-refractivity contribution in [1.82, 2.24) is 0 Å². The summed E-state index contributed by atoms with van der Waals surface area (Å²) in [5, 5.41) is 0. The molecule has 0 aromatic heterocycles. The van der Waals surface area contributed by atoms with Crippen LogP contribution in [-0.4, -0.2) is 5.60 Å². The van der Waals surface area contributed by atoms with E-state index in [2.05, 4.69) is 52.0 Å². The van der Waals surface area contributed by atoms with Gasteiger partial charge in [-0.2, -0.15) is 0 Å². The van der Waals surface area contributed by atoms with Crippen LogP contribution in [0.1, 0.15) is 72.6 Å². The first-order chi connectivity index (χ1) is 10.9. The highest BCUT2D eigenvalue weighted by Crippen LogP contribution is 2.63. The molecule has 1 fully saturated rings. The summed E-state index contributed by atoms with van der Waals surface area (Å²) >= 11 is 0. The standard InChI is InChI=1S/C22H32O/c1-16-10-11-18-17-9-8-14-21(3,19(17)23-22(18,4)15-16)20(2)12-6-5-7-13-20/h5-7,12,16,18H,8-11,13-15H2,1-4H3/t16?,18?,20?,21-,22?/m0/s1. The van der Waals surface area contributed by atoms with Crippen molar-refractivity contribution >= 4 is 0 Å². The molecule has 0 spiro atoms. The van der Waals surface area contributed by atoms with Crippen molar-refractivity contribution in [3.05, 3.63) is 35.6 Å². The third kappa shape index (κ3) is 2.11. The van der Waals surface area contributed by atoms with E-state index in [1.54, 1.807) is 5.57 Å². The van der Waals surface area contributed by atoms with E-state index < -0.39 is 0 Å². The molecule has 126 valence electrons. The lowest BCUT2D eigenvalue weighted by Crippen LogP contribution is -2.42. The van der Waals surface area contributed by atoms with Crippen LogP contribution in [-0.2, 0) is 4.74 Å². The van der Waals surface area contributed by atoms with Crippen molar-refractivity contribution in [3.8, 4) is 0 Å². The number of ether oxygens (including phenoxy) is 1. The lowest BCUT2D eigenvalue weighted by atomic mass is 9.56. The van der Waals surface area contributed by atoms with Crippen molar-refractivity contribution < 1.29 is 4.74 Å². The number of fused-ring (bicyclic) bond motifs is 2. The maximum atomic E-state index is 6.88. The van der Waals surface area contributed by atoms with Crippen molar-refractivity contribution in [2.45, 2.75) is 78.2 Å². The second-order valence-corrected chi connectivity index (χ2v) is 9.30. The molecule has 4 aliphatic rings. The first kappa shape index (κ1) is 15.5. The molecular formula is C22H32O. The monoisotopic (exact) mass is 312 g/mol. The van der Waals surface area contributed by atoms with E-state index in [4.69, 9.17) is 4.74 Å². The van der Waals surface area contributed by atoms with E-state index in [1.165, 1.54) is 44.3 Å². The minimum absolute atomic E-state index is 0.0680. The molecule has 0 bridgehead atoms. The van der Waals surface area contributed by atoms with Gasteiger partial charge in [-0.3, -0.25) is 0 Å². The summed E-state index contributed by atoms with van der Waals surface area (Å²) in [7, 11) is 0. The van der Waals surface area contributed by atoms with Crippen molar-refractivity contribution in [1.29, 1.82) is 0 Å². The summed E-state index contributed by atoms with van der Waals surface area (Å²) in [6.07, 6.45) is 18.2. The minimum Gasteiger partial charge on any atom is -0.491 e. The van der Waals surface area contributed by atoms with E-state index in [0.29, 0.717) is 5.92 Å². The summed E-state index contributed by atoms with van der Waals surface area (Å²) in [4.78, 5) is 0. The van der Waals surface area contributed by atoms with Crippen LogP contribution in [0.25, 0.3) is 0 Å². The molecule has 1 aliphatic heterocycles. The highest BCUT2D eigenvalue weighted by Gasteiger charge is 2.57. The lowest BCUT2D eigenvalue weighted by molar-refractivity contribution is -0.0637. The molecule has 1 heteroatoms. The number of hydrogen-bond donors (Lipinski definition) is 0. The van der Waals surface area contributed by atoms with Crippen LogP contribution >= 0.6 is 0 Å². The first-order valence-electron chi connectivity index (χ1n) is 9.65. The van der Waals surface area contributed by atoms with Gasteiger partial charge in [0, 0.05) is 16.7 Å². The Hall–Kier alpha value is -0.980. The molecule has 4 rings (SSSR count). The molecule has 5 atom stereocenters. The number of hydrogen-bond acceptors (Lipinski definition) is 1. The van der Waals surface area contributed by atoms with Crippen LogP contribution in [0.5, 0.6) is 0 Å². The minimum atomic E-state index is 0.0680. The highest BCUT2D eigenvalue weighted by molar-refractivity contribution is 5.35. The van der Waals surface area contributed by atoms with Gasteiger partial charge in [0.15, 0.2) is 0 Å². The van der Waals surface area contributed by atoms with E-state index in [9.17, 15) is 0 Å². The Kier molecular flexibility index (Phi) is 3.38. The molecule has 0 saturated heterocycles. The highest BCUT2D eigenvalue weighted by atomic mass is 16.5. The fraction of sp³-hybridized carbons (Fsp3) is 0.727. The molecule has 1 nitrogen and oxygen atoms in total. The third-order valence-corrected chi connectivity index (χ3v) is 7.62. The van der Waals surface area contributed by atoms with Gasteiger partial charge in [-0.15, -0.1) is 0 Å². The van der Waals surface area contributed by atoms with Gasteiger partial charge in [0.1, 0.15) is 11.4 Å². The largest absolute Gasteiger partial charge is 0.491 e. The van der Waals surface area contributed by atoms with Crippen molar-refractivity contribution in [2.24, 2.45) is 22.7 Å². The second kappa shape index (κ2) is 5.01. The van der Waals surface area contributed by atoms with Crippen LogP contribution in [0.3, 0.4) is 0 Å². The summed E-state index contributed by atoms with van der Waals surface area (Å²) in [6.45, 7) is 9.72. The Balaban J connectivity index is 1.75. The summed E-state index contributed by atoms with van der Waals surface area (Å²) in [6, 6.07) is 0. The number of rotatable bonds is 1. The van der Waals surface area contributed by atoms with Gasteiger partial charge >= 0.3 is 0 Å². The maximum absolute atomic E-state index is 6.88. The zero-order valence-electron chi connectivity index (χ0n) is 15.3. The SMILES string of the molecule is CC1CCC2C3=C(OC2(C)C1)[C@@](C)(C1(C)C=CC=CC1)CCC3. The van der Waals surface area contributed by atoms with Crippen LogP contribution in [0.2, 0.25) is 0 Å². The molecule has 1 saturated carbocycles. The molecule has 23 heavy (non-hydrogen) atoms. The predicted molar refractivity (Wildman–Crippen MR) is 96.0 cm³/mol. The molecule has 0 radical (unpaired) electrons. The average molecular weight is 312 g/mol. The molecule has 0 amide bonds. The predicted octanol–water partition coefficient (Wildman–Crippen LogP) is 6.18. The van der Waals surface area contributed by atoms with Gasteiger partial charge in [-0.05, 0) is 63.4 Å². The number of allylic oxidation sites excluding steroid dienone is 5. The molecule has 3 aliphatic carbocycles. The van der Waals surface area contributed by atoms with Crippen LogP contribution in [0, 0.1) is 22.7 Å². The quantitative estimate of drug-likeness (QED) is 0.562. The molecular weight excluding hydrogens is 280 g/mol. The third-order valence-electron chi connectivity index (χ3n) is 7.62. The zero-order chi connectivity index (χ0) is 16.3. The Morgan fingerprint density at radius 2 is 1.96 bits per heavy atom. The van der Waals surface area contributed by atoms with Gasteiger partial charge in [0.05, 0.1) is 0 Å². The second-order valence-electron chi connectivity index (χ2n) is 9.30. The van der Waals surface area contributed by atoms with Gasteiger partial charge < -0.3 is 4.74 Å². The molecule has 0 aromatic carbocycles. The van der Waals surface area contributed by atoms with E-state index >= 15 is 0 Å². The topological polar surface area (TPSA) is 9.23 Å². The van der Waals surface area contributed by atoms with Crippen LogP contribution < -0.4 is 0 Å². The van der Waals surface area contributed by atoms with E-state index in [-0.39, 0.29) is 16.4 Å². The van der Waals surface area contributed by atoms with Crippen LogP contribution in [0.15, 0.2) is 35.6 Å². The van der Waals surface area contributed by atoms with E-state index in [1.807, 2.05) is 0 Å². The van der Waals surface area contributed by atoms with Gasteiger partial charge in [-0.25, -0.2) is 0 Å².